The minimum atomic E-state index is 0.186. The van der Waals surface area contributed by atoms with Crippen LogP contribution in [-0.2, 0) is 17.8 Å². The molecule has 0 spiro atoms. The van der Waals surface area contributed by atoms with E-state index in [2.05, 4.69) is 34.5 Å². The normalized spacial score (nSPS) is 15.2. The molecule has 0 N–H and O–H groups in total. The minimum absolute atomic E-state index is 0.186. The van der Waals surface area contributed by atoms with Gasteiger partial charge in [-0.15, -0.1) is 0 Å². The summed E-state index contributed by atoms with van der Waals surface area (Å²) in [4.78, 5) is 18.2. The van der Waals surface area contributed by atoms with Gasteiger partial charge in [0.2, 0.25) is 5.91 Å². The lowest BCUT2D eigenvalue weighted by Gasteiger charge is -2.17. The first kappa shape index (κ1) is 11.9. The summed E-state index contributed by atoms with van der Waals surface area (Å²) in [5.41, 5.74) is 0. The first-order chi connectivity index (χ1) is 7.61. The lowest BCUT2D eigenvalue weighted by molar-refractivity contribution is -0.131. The van der Waals surface area contributed by atoms with Gasteiger partial charge in [-0.25, -0.2) is 4.98 Å². The number of halogens is 1. The Kier molecular flexibility index (Phi) is 3.51. The second-order valence-corrected chi connectivity index (χ2v) is 5.30. The predicted octanol–water partition coefficient (Wildman–Crippen LogP) is 1.67. The summed E-state index contributed by atoms with van der Waals surface area (Å²) in [5.74, 6) is 1.17. The van der Waals surface area contributed by atoms with Crippen molar-refractivity contribution >= 4 is 28.5 Å². The topological polar surface area (TPSA) is 38.1 Å². The summed E-state index contributed by atoms with van der Waals surface area (Å²) in [6, 6.07) is 0.486. The van der Waals surface area contributed by atoms with Crippen molar-refractivity contribution in [1.29, 1.82) is 0 Å². The van der Waals surface area contributed by atoms with Crippen molar-refractivity contribution in [1.82, 2.24) is 14.5 Å². The number of nitrogens with zero attached hydrogens (tertiary/aromatic N) is 3. The molecule has 0 atom stereocenters. The van der Waals surface area contributed by atoms with Crippen molar-refractivity contribution in [2.24, 2.45) is 0 Å². The SMILES string of the molecule is CCc1nc(I)cn1CC(=O)N(C)C1CC1. The van der Waals surface area contributed by atoms with Gasteiger partial charge >= 0.3 is 0 Å². The standard InChI is InChI=1S/C11H16IN3O/c1-3-10-13-9(12)6-15(10)7-11(16)14(2)8-4-5-8/h6,8H,3-5,7H2,1-2H3. The number of carbonyl (C=O) groups excluding carboxylic acids is 1. The van der Waals surface area contributed by atoms with E-state index in [0.717, 1.165) is 28.8 Å². The fraction of sp³-hybridized carbons (Fsp3) is 0.636. The molecule has 1 amide bonds. The first-order valence-corrected chi connectivity index (χ1v) is 6.67. The van der Waals surface area contributed by atoms with Crippen LogP contribution >= 0.6 is 22.6 Å². The molecule has 1 saturated carbocycles. The van der Waals surface area contributed by atoms with Crippen LogP contribution in [0.5, 0.6) is 0 Å². The number of hydrogen-bond acceptors (Lipinski definition) is 2. The van der Waals surface area contributed by atoms with E-state index in [0.29, 0.717) is 12.6 Å². The molecule has 0 bridgehead atoms. The predicted molar refractivity (Wildman–Crippen MR) is 70.1 cm³/mol. The van der Waals surface area contributed by atoms with E-state index in [1.54, 1.807) is 0 Å². The Labute approximate surface area is 109 Å². The van der Waals surface area contributed by atoms with Gasteiger partial charge in [0.25, 0.3) is 0 Å². The summed E-state index contributed by atoms with van der Waals surface area (Å²) >= 11 is 2.18. The molecular weight excluding hydrogens is 317 g/mol. The molecule has 1 aromatic rings. The minimum Gasteiger partial charge on any atom is -0.341 e. The first-order valence-electron chi connectivity index (χ1n) is 5.59. The highest BCUT2D eigenvalue weighted by atomic mass is 127. The quantitative estimate of drug-likeness (QED) is 0.787. The number of carbonyl (C=O) groups is 1. The molecule has 1 aliphatic rings. The average molecular weight is 333 g/mol. The van der Waals surface area contributed by atoms with Crippen molar-refractivity contribution in [2.45, 2.75) is 38.8 Å². The van der Waals surface area contributed by atoms with Crippen LogP contribution in [0, 0.1) is 3.70 Å². The van der Waals surface area contributed by atoms with Gasteiger partial charge in [0.15, 0.2) is 0 Å². The van der Waals surface area contributed by atoms with Gasteiger partial charge in [0.1, 0.15) is 16.1 Å². The Morgan fingerprint density at radius 2 is 2.38 bits per heavy atom. The Morgan fingerprint density at radius 3 is 2.94 bits per heavy atom. The number of aromatic nitrogens is 2. The highest BCUT2D eigenvalue weighted by Crippen LogP contribution is 2.25. The third kappa shape index (κ3) is 2.56. The fourth-order valence-corrected chi connectivity index (χ4v) is 2.38. The lowest BCUT2D eigenvalue weighted by Crippen LogP contribution is -2.32. The Bertz CT molecular complexity index is 398. The average Bonchev–Trinajstić information content (AvgIpc) is 3.03. The van der Waals surface area contributed by atoms with E-state index >= 15 is 0 Å². The molecule has 2 rings (SSSR count). The number of likely N-dealkylation sites (N-methyl/N-ethyl adjacent to an activating group) is 1. The molecule has 4 nitrogen and oxygen atoms in total. The van der Waals surface area contributed by atoms with Crippen LogP contribution in [0.15, 0.2) is 6.20 Å². The van der Waals surface area contributed by atoms with Crippen molar-refractivity contribution < 1.29 is 4.79 Å². The van der Waals surface area contributed by atoms with Crippen LogP contribution in [-0.4, -0.2) is 33.4 Å². The van der Waals surface area contributed by atoms with E-state index in [1.165, 1.54) is 0 Å². The Hall–Kier alpha value is -0.590. The van der Waals surface area contributed by atoms with E-state index in [9.17, 15) is 4.79 Å². The Morgan fingerprint density at radius 1 is 1.69 bits per heavy atom. The Balaban J connectivity index is 2.04. The van der Waals surface area contributed by atoms with Gasteiger partial charge in [-0.3, -0.25) is 4.79 Å². The molecule has 16 heavy (non-hydrogen) atoms. The van der Waals surface area contributed by atoms with Gasteiger partial charge in [-0.05, 0) is 35.4 Å². The third-order valence-corrected chi connectivity index (χ3v) is 3.46. The van der Waals surface area contributed by atoms with Crippen molar-refractivity contribution in [2.75, 3.05) is 7.05 Å². The maximum atomic E-state index is 11.9. The maximum absolute atomic E-state index is 11.9. The van der Waals surface area contributed by atoms with Crippen molar-refractivity contribution in [3.63, 3.8) is 0 Å². The number of hydrogen-bond donors (Lipinski definition) is 0. The van der Waals surface area contributed by atoms with Gasteiger partial charge in [0, 0.05) is 25.7 Å². The lowest BCUT2D eigenvalue weighted by atomic mass is 10.4. The molecule has 5 heteroatoms. The summed E-state index contributed by atoms with van der Waals surface area (Å²) in [7, 11) is 1.90. The highest BCUT2D eigenvalue weighted by Gasteiger charge is 2.29. The molecule has 1 aromatic heterocycles. The maximum Gasteiger partial charge on any atom is 0.242 e. The zero-order valence-electron chi connectivity index (χ0n) is 9.61. The van der Waals surface area contributed by atoms with Crippen LogP contribution in [0.3, 0.4) is 0 Å². The monoisotopic (exact) mass is 333 g/mol. The van der Waals surface area contributed by atoms with Gasteiger partial charge in [-0.2, -0.15) is 0 Å². The van der Waals surface area contributed by atoms with Gasteiger partial charge < -0.3 is 9.47 Å². The van der Waals surface area contributed by atoms with E-state index in [4.69, 9.17) is 0 Å². The van der Waals surface area contributed by atoms with Crippen molar-refractivity contribution in [3.8, 4) is 0 Å². The molecule has 0 unspecified atom stereocenters. The fourth-order valence-electron chi connectivity index (χ4n) is 1.76. The number of amides is 1. The summed E-state index contributed by atoms with van der Waals surface area (Å²) in [6.45, 7) is 2.48. The van der Waals surface area contributed by atoms with Crippen LogP contribution in [0.4, 0.5) is 0 Å². The largest absolute Gasteiger partial charge is 0.341 e. The van der Waals surface area contributed by atoms with Crippen LogP contribution in [0.1, 0.15) is 25.6 Å². The van der Waals surface area contributed by atoms with Crippen LogP contribution in [0.25, 0.3) is 0 Å². The molecule has 0 saturated heterocycles. The number of aryl methyl sites for hydroxylation is 1. The molecule has 1 heterocycles. The van der Waals surface area contributed by atoms with E-state index in [-0.39, 0.29) is 5.91 Å². The van der Waals surface area contributed by atoms with Crippen molar-refractivity contribution in [3.05, 3.63) is 15.7 Å². The van der Waals surface area contributed by atoms with Gasteiger partial charge in [0.05, 0.1) is 0 Å². The van der Waals surface area contributed by atoms with Crippen LogP contribution < -0.4 is 0 Å². The third-order valence-electron chi connectivity index (χ3n) is 2.94. The molecule has 88 valence electrons. The molecule has 0 aromatic carbocycles. The number of rotatable bonds is 4. The van der Waals surface area contributed by atoms with E-state index in [1.807, 2.05) is 22.7 Å². The number of imidazole rings is 1. The summed E-state index contributed by atoms with van der Waals surface area (Å²) < 4.78 is 2.92. The van der Waals surface area contributed by atoms with Gasteiger partial charge in [-0.1, -0.05) is 6.92 Å². The molecular formula is C11H16IN3O. The molecule has 0 aliphatic heterocycles. The zero-order valence-corrected chi connectivity index (χ0v) is 11.8. The smallest absolute Gasteiger partial charge is 0.242 e. The molecule has 0 radical (unpaired) electrons. The second-order valence-electron chi connectivity index (χ2n) is 4.20. The van der Waals surface area contributed by atoms with E-state index < -0.39 is 0 Å². The summed E-state index contributed by atoms with van der Waals surface area (Å²) in [6.07, 6.45) is 5.12. The second kappa shape index (κ2) is 4.73. The molecule has 1 aliphatic carbocycles. The molecule has 1 fully saturated rings. The summed E-state index contributed by atoms with van der Waals surface area (Å²) in [5, 5.41) is 0. The zero-order chi connectivity index (χ0) is 11.7. The highest BCUT2D eigenvalue weighted by molar-refractivity contribution is 14.1. The van der Waals surface area contributed by atoms with Crippen LogP contribution in [0.2, 0.25) is 0 Å².